The first-order chi connectivity index (χ1) is 14.2. The van der Waals surface area contributed by atoms with Crippen molar-refractivity contribution in [2.75, 3.05) is 18.5 Å². The highest BCUT2D eigenvalue weighted by molar-refractivity contribution is 5.97. The van der Waals surface area contributed by atoms with Crippen molar-refractivity contribution in [3.8, 4) is 0 Å². The Hall–Kier alpha value is -3.67. The van der Waals surface area contributed by atoms with Crippen LogP contribution < -0.4 is 10.6 Å². The number of rotatable bonds is 8. The summed E-state index contributed by atoms with van der Waals surface area (Å²) in [6, 6.07) is 20.4. The molecule has 1 heterocycles. The maximum Gasteiger partial charge on any atom is 0.340 e. The van der Waals surface area contributed by atoms with Crippen molar-refractivity contribution in [3.63, 3.8) is 0 Å². The Bertz CT molecular complexity index is 974. The van der Waals surface area contributed by atoms with Crippen molar-refractivity contribution in [1.82, 2.24) is 10.3 Å². The molecule has 0 aliphatic carbocycles. The molecule has 0 saturated carbocycles. The fourth-order valence-corrected chi connectivity index (χ4v) is 2.82. The first kappa shape index (κ1) is 20.1. The molecule has 148 valence electrons. The lowest BCUT2D eigenvalue weighted by Crippen LogP contribution is -2.26. The number of pyridine rings is 1. The van der Waals surface area contributed by atoms with E-state index in [2.05, 4.69) is 15.6 Å². The summed E-state index contributed by atoms with van der Waals surface area (Å²) in [7, 11) is 0. The minimum Gasteiger partial charge on any atom is -0.462 e. The van der Waals surface area contributed by atoms with Gasteiger partial charge in [0.2, 0.25) is 0 Å². The van der Waals surface area contributed by atoms with Crippen molar-refractivity contribution in [2.45, 2.75) is 13.3 Å². The second-order valence-electron chi connectivity index (χ2n) is 6.31. The van der Waals surface area contributed by atoms with Crippen molar-refractivity contribution < 1.29 is 14.3 Å². The van der Waals surface area contributed by atoms with Gasteiger partial charge in [0, 0.05) is 18.4 Å². The lowest BCUT2D eigenvalue weighted by Gasteiger charge is -2.12. The van der Waals surface area contributed by atoms with Crippen molar-refractivity contribution >= 4 is 23.3 Å². The summed E-state index contributed by atoms with van der Waals surface area (Å²) in [5.74, 6) is -0.646. The molecule has 0 aliphatic heterocycles. The first-order valence-corrected chi connectivity index (χ1v) is 9.48. The lowest BCUT2D eigenvalue weighted by molar-refractivity contribution is 0.0527. The molecule has 0 fully saturated rings. The van der Waals surface area contributed by atoms with E-state index in [1.54, 1.807) is 43.5 Å². The summed E-state index contributed by atoms with van der Waals surface area (Å²) >= 11 is 0. The average molecular weight is 389 g/mol. The lowest BCUT2D eigenvalue weighted by atomic mass is 10.1. The summed E-state index contributed by atoms with van der Waals surface area (Å²) < 4.78 is 5.09. The SMILES string of the molecule is CCOC(=O)c1ccccc1Nc1ccnc(C(=O)NCCc2ccccc2)c1. The van der Waals surface area contributed by atoms with Crippen molar-refractivity contribution in [2.24, 2.45) is 0 Å². The van der Waals surface area contributed by atoms with Gasteiger partial charge < -0.3 is 15.4 Å². The largest absolute Gasteiger partial charge is 0.462 e. The minimum absolute atomic E-state index is 0.247. The zero-order chi connectivity index (χ0) is 20.5. The number of carbonyl (C=O) groups excluding carboxylic acids is 2. The van der Waals surface area contributed by atoms with Crippen LogP contribution in [-0.2, 0) is 11.2 Å². The minimum atomic E-state index is -0.400. The number of hydrogen-bond donors (Lipinski definition) is 2. The van der Waals surface area contributed by atoms with Gasteiger partial charge in [-0.3, -0.25) is 9.78 Å². The average Bonchev–Trinajstić information content (AvgIpc) is 2.75. The molecule has 6 nitrogen and oxygen atoms in total. The zero-order valence-corrected chi connectivity index (χ0v) is 16.2. The van der Waals surface area contributed by atoms with E-state index in [0.717, 1.165) is 12.0 Å². The van der Waals surface area contributed by atoms with Crippen LogP contribution in [0.25, 0.3) is 0 Å². The normalized spacial score (nSPS) is 10.2. The number of amides is 1. The molecule has 1 aromatic heterocycles. The van der Waals surface area contributed by atoms with E-state index in [-0.39, 0.29) is 5.91 Å². The van der Waals surface area contributed by atoms with E-state index in [0.29, 0.717) is 35.8 Å². The van der Waals surface area contributed by atoms with Crippen LogP contribution in [0, 0.1) is 0 Å². The maximum absolute atomic E-state index is 12.4. The number of benzene rings is 2. The molecule has 2 aromatic carbocycles. The molecule has 3 rings (SSSR count). The fourth-order valence-electron chi connectivity index (χ4n) is 2.82. The zero-order valence-electron chi connectivity index (χ0n) is 16.2. The summed E-state index contributed by atoms with van der Waals surface area (Å²) in [5, 5.41) is 6.05. The van der Waals surface area contributed by atoms with Crippen LogP contribution in [0.5, 0.6) is 0 Å². The third-order valence-corrected chi connectivity index (χ3v) is 4.24. The number of carbonyl (C=O) groups is 2. The molecule has 3 aromatic rings. The van der Waals surface area contributed by atoms with Gasteiger partial charge in [-0.05, 0) is 43.2 Å². The Balaban J connectivity index is 1.65. The molecule has 29 heavy (non-hydrogen) atoms. The number of aromatic nitrogens is 1. The van der Waals surface area contributed by atoms with E-state index in [9.17, 15) is 9.59 Å². The highest BCUT2D eigenvalue weighted by Crippen LogP contribution is 2.22. The van der Waals surface area contributed by atoms with E-state index in [1.165, 1.54) is 0 Å². The van der Waals surface area contributed by atoms with Crippen molar-refractivity contribution in [3.05, 3.63) is 89.7 Å². The van der Waals surface area contributed by atoms with Crippen LogP contribution in [0.3, 0.4) is 0 Å². The molecule has 0 atom stereocenters. The number of anilines is 2. The van der Waals surface area contributed by atoms with Gasteiger partial charge in [0.05, 0.1) is 17.9 Å². The fraction of sp³-hybridized carbons (Fsp3) is 0.174. The van der Waals surface area contributed by atoms with Gasteiger partial charge in [0.1, 0.15) is 5.69 Å². The summed E-state index contributed by atoms with van der Waals surface area (Å²) in [6.07, 6.45) is 2.30. The van der Waals surface area contributed by atoms with Crippen LogP contribution in [-0.4, -0.2) is 30.0 Å². The third kappa shape index (κ3) is 5.65. The number of nitrogens with one attached hydrogen (secondary N) is 2. The van der Waals surface area contributed by atoms with Gasteiger partial charge in [-0.25, -0.2) is 4.79 Å². The molecule has 0 spiro atoms. The maximum atomic E-state index is 12.4. The van der Waals surface area contributed by atoms with Gasteiger partial charge in [-0.15, -0.1) is 0 Å². The quantitative estimate of drug-likeness (QED) is 0.570. The van der Waals surface area contributed by atoms with Gasteiger partial charge in [-0.2, -0.15) is 0 Å². The van der Waals surface area contributed by atoms with E-state index in [1.807, 2.05) is 36.4 Å². The highest BCUT2D eigenvalue weighted by atomic mass is 16.5. The smallest absolute Gasteiger partial charge is 0.340 e. The van der Waals surface area contributed by atoms with Gasteiger partial charge >= 0.3 is 5.97 Å². The molecular formula is C23H23N3O3. The number of ether oxygens (including phenoxy) is 1. The molecule has 1 amide bonds. The summed E-state index contributed by atoms with van der Waals surface area (Å²) in [6.45, 7) is 2.59. The molecule has 0 radical (unpaired) electrons. The Kier molecular flexibility index (Phi) is 6.95. The molecule has 6 heteroatoms. The molecule has 0 aliphatic rings. The van der Waals surface area contributed by atoms with Gasteiger partial charge in [0.25, 0.3) is 5.91 Å². The van der Waals surface area contributed by atoms with Gasteiger partial charge in [0.15, 0.2) is 0 Å². The molecular weight excluding hydrogens is 366 g/mol. The predicted molar refractivity (Wildman–Crippen MR) is 112 cm³/mol. The number of para-hydroxylation sites is 1. The van der Waals surface area contributed by atoms with Crippen LogP contribution in [0.15, 0.2) is 72.9 Å². The Morgan fingerprint density at radius 1 is 1.00 bits per heavy atom. The number of hydrogen-bond acceptors (Lipinski definition) is 5. The van der Waals surface area contributed by atoms with Crippen LogP contribution in [0.4, 0.5) is 11.4 Å². The third-order valence-electron chi connectivity index (χ3n) is 4.24. The Labute approximate surface area is 169 Å². The second-order valence-corrected chi connectivity index (χ2v) is 6.31. The Morgan fingerprint density at radius 3 is 2.55 bits per heavy atom. The van der Waals surface area contributed by atoms with E-state index in [4.69, 9.17) is 4.74 Å². The van der Waals surface area contributed by atoms with Crippen LogP contribution in [0.2, 0.25) is 0 Å². The van der Waals surface area contributed by atoms with E-state index >= 15 is 0 Å². The topological polar surface area (TPSA) is 80.3 Å². The number of nitrogens with zero attached hydrogens (tertiary/aromatic N) is 1. The summed E-state index contributed by atoms with van der Waals surface area (Å²) in [5.41, 5.74) is 3.15. The molecule has 0 bridgehead atoms. The molecule has 0 unspecified atom stereocenters. The first-order valence-electron chi connectivity index (χ1n) is 9.48. The molecule has 2 N–H and O–H groups in total. The monoisotopic (exact) mass is 389 g/mol. The van der Waals surface area contributed by atoms with Crippen molar-refractivity contribution in [1.29, 1.82) is 0 Å². The molecule has 0 saturated heterocycles. The highest BCUT2D eigenvalue weighted by Gasteiger charge is 2.13. The van der Waals surface area contributed by atoms with Crippen LogP contribution >= 0.6 is 0 Å². The standard InChI is InChI=1S/C23H23N3O3/c1-2-29-23(28)19-10-6-7-11-20(19)26-18-13-15-24-21(16-18)22(27)25-14-12-17-8-4-3-5-9-17/h3-11,13,15-16H,2,12,14H2,1H3,(H,24,26)(H,25,27). The van der Waals surface area contributed by atoms with E-state index < -0.39 is 5.97 Å². The second kappa shape index (κ2) is 10.0. The van der Waals surface area contributed by atoms with Crippen LogP contribution in [0.1, 0.15) is 33.3 Å². The number of esters is 1. The Morgan fingerprint density at radius 2 is 1.76 bits per heavy atom. The van der Waals surface area contributed by atoms with Gasteiger partial charge in [-0.1, -0.05) is 42.5 Å². The summed E-state index contributed by atoms with van der Waals surface area (Å²) in [4.78, 5) is 28.7. The predicted octanol–water partition coefficient (Wildman–Crippen LogP) is 3.97.